The van der Waals surface area contributed by atoms with Crippen molar-refractivity contribution in [2.45, 2.75) is 24.5 Å². The van der Waals surface area contributed by atoms with Crippen molar-refractivity contribution in [2.75, 3.05) is 25.4 Å². The molecule has 2 aliphatic rings. The second kappa shape index (κ2) is 4.88. The van der Waals surface area contributed by atoms with Gasteiger partial charge in [-0.1, -0.05) is 0 Å². The van der Waals surface area contributed by atoms with E-state index in [4.69, 9.17) is 0 Å². The van der Waals surface area contributed by atoms with Crippen LogP contribution in [0.15, 0.2) is 0 Å². The Morgan fingerprint density at radius 3 is 3.07 bits per heavy atom. The SMILES string of the molecule is O=C1CCN(C(=O)C2CCCS2)CCN1. The minimum atomic E-state index is 0.0596. The summed E-state index contributed by atoms with van der Waals surface area (Å²) in [4.78, 5) is 25.0. The Labute approximate surface area is 93.8 Å². The molecule has 0 saturated carbocycles. The lowest BCUT2D eigenvalue weighted by Crippen LogP contribution is -2.39. The lowest BCUT2D eigenvalue weighted by atomic mass is 10.2. The zero-order valence-corrected chi connectivity index (χ0v) is 9.52. The van der Waals surface area contributed by atoms with Crippen LogP contribution in [0.5, 0.6) is 0 Å². The summed E-state index contributed by atoms with van der Waals surface area (Å²) in [7, 11) is 0. The summed E-state index contributed by atoms with van der Waals surface area (Å²) in [6, 6.07) is 0. The molecule has 1 unspecified atom stereocenters. The Bertz CT molecular complexity index is 264. The fourth-order valence-corrected chi connectivity index (χ4v) is 3.21. The van der Waals surface area contributed by atoms with E-state index in [9.17, 15) is 9.59 Å². The molecule has 0 aromatic heterocycles. The number of carbonyl (C=O) groups is 2. The number of rotatable bonds is 1. The third-order valence-corrected chi connectivity index (χ3v) is 4.19. The van der Waals surface area contributed by atoms with E-state index in [0.717, 1.165) is 18.6 Å². The van der Waals surface area contributed by atoms with Crippen LogP contribution in [0.4, 0.5) is 0 Å². The van der Waals surface area contributed by atoms with Crippen LogP contribution in [0.3, 0.4) is 0 Å². The van der Waals surface area contributed by atoms with E-state index in [2.05, 4.69) is 5.32 Å². The molecule has 4 nitrogen and oxygen atoms in total. The van der Waals surface area contributed by atoms with Gasteiger partial charge < -0.3 is 10.2 Å². The molecule has 1 atom stereocenters. The summed E-state index contributed by atoms with van der Waals surface area (Å²) in [5.74, 6) is 1.39. The monoisotopic (exact) mass is 228 g/mol. The van der Waals surface area contributed by atoms with E-state index in [1.807, 2.05) is 4.90 Å². The number of carbonyl (C=O) groups excluding carboxylic acids is 2. The molecule has 0 bridgehead atoms. The Kier molecular flexibility index (Phi) is 3.51. The third kappa shape index (κ3) is 2.65. The minimum absolute atomic E-state index is 0.0596. The molecule has 2 saturated heterocycles. The van der Waals surface area contributed by atoms with Gasteiger partial charge in [0.2, 0.25) is 11.8 Å². The van der Waals surface area contributed by atoms with Crippen molar-refractivity contribution >= 4 is 23.6 Å². The van der Waals surface area contributed by atoms with Crippen LogP contribution in [0.2, 0.25) is 0 Å². The predicted octanol–water partition coefficient (Wildman–Crippen LogP) is 0.230. The fourth-order valence-electron chi connectivity index (χ4n) is 1.96. The van der Waals surface area contributed by atoms with E-state index >= 15 is 0 Å². The molecule has 2 rings (SSSR count). The van der Waals surface area contributed by atoms with E-state index in [1.54, 1.807) is 11.8 Å². The predicted molar refractivity (Wildman–Crippen MR) is 59.7 cm³/mol. The summed E-state index contributed by atoms with van der Waals surface area (Å²) in [5, 5.41) is 2.93. The largest absolute Gasteiger partial charge is 0.354 e. The van der Waals surface area contributed by atoms with Gasteiger partial charge in [-0.25, -0.2) is 0 Å². The fraction of sp³-hybridized carbons (Fsp3) is 0.800. The molecule has 15 heavy (non-hydrogen) atoms. The average molecular weight is 228 g/mol. The van der Waals surface area contributed by atoms with Crippen LogP contribution in [-0.2, 0) is 9.59 Å². The maximum absolute atomic E-state index is 12.0. The zero-order chi connectivity index (χ0) is 10.7. The second-order valence-electron chi connectivity index (χ2n) is 3.93. The van der Waals surface area contributed by atoms with E-state index in [1.165, 1.54) is 0 Å². The molecular weight excluding hydrogens is 212 g/mol. The molecule has 2 amide bonds. The highest BCUT2D eigenvalue weighted by Gasteiger charge is 2.28. The summed E-state index contributed by atoms with van der Waals surface area (Å²) in [6.45, 7) is 1.85. The van der Waals surface area contributed by atoms with Gasteiger partial charge in [0.15, 0.2) is 0 Å². The van der Waals surface area contributed by atoms with Gasteiger partial charge in [0.1, 0.15) is 0 Å². The first kappa shape index (κ1) is 10.8. The number of nitrogens with zero attached hydrogens (tertiary/aromatic N) is 1. The topological polar surface area (TPSA) is 49.4 Å². The zero-order valence-electron chi connectivity index (χ0n) is 8.70. The van der Waals surface area contributed by atoms with Gasteiger partial charge in [0.05, 0.1) is 5.25 Å². The standard InChI is InChI=1S/C10H16N2O2S/c13-9-3-5-12(6-4-11-9)10(14)8-2-1-7-15-8/h8H,1-7H2,(H,11,13). The van der Waals surface area contributed by atoms with Crippen molar-refractivity contribution in [2.24, 2.45) is 0 Å². The number of hydrogen-bond donors (Lipinski definition) is 1. The molecule has 5 heteroatoms. The van der Waals surface area contributed by atoms with Crippen molar-refractivity contribution in [3.05, 3.63) is 0 Å². The first-order valence-corrected chi connectivity index (χ1v) is 6.49. The Morgan fingerprint density at radius 2 is 2.33 bits per heavy atom. The molecule has 0 aliphatic carbocycles. The third-order valence-electron chi connectivity index (χ3n) is 2.83. The van der Waals surface area contributed by atoms with Crippen LogP contribution in [0, 0.1) is 0 Å². The first-order valence-electron chi connectivity index (χ1n) is 5.44. The first-order chi connectivity index (χ1) is 7.27. The van der Waals surface area contributed by atoms with Crippen molar-refractivity contribution in [1.82, 2.24) is 10.2 Å². The lowest BCUT2D eigenvalue weighted by Gasteiger charge is -2.22. The van der Waals surface area contributed by atoms with Gasteiger partial charge in [-0.3, -0.25) is 9.59 Å². The van der Waals surface area contributed by atoms with Gasteiger partial charge in [0, 0.05) is 26.1 Å². The van der Waals surface area contributed by atoms with Gasteiger partial charge in [-0.15, -0.1) is 11.8 Å². The molecule has 2 aliphatic heterocycles. The number of nitrogens with one attached hydrogen (secondary N) is 1. The van der Waals surface area contributed by atoms with E-state index in [-0.39, 0.29) is 17.1 Å². The van der Waals surface area contributed by atoms with E-state index in [0.29, 0.717) is 26.1 Å². The average Bonchev–Trinajstić information content (AvgIpc) is 2.67. The molecule has 0 aromatic carbocycles. The molecule has 0 spiro atoms. The Balaban J connectivity index is 1.91. The maximum atomic E-state index is 12.0. The quantitative estimate of drug-likeness (QED) is 0.699. The molecule has 0 radical (unpaired) electrons. The second-order valence-corrected chi connectivity index (χ2v) is 5.24. The molecule has 1 N–H and O–H groups in total. The summed E-state index contributed by atoms with van der Waals surface area (Å²) < 4.78 is 0. The van der Waals surface area contributed by atoms with Gasteiger partial charge >= 0.3 is 0 Å². The lowest BCUT2D eigenvalue weighted by molar-refractivity contribution is -0.130. The van der Waals surface area contributed by atoms with Crippen molar-refractivity contribution < 1.29 is 9.59 Å². The summed E-state index contributed by atoms with van der Waals surface area (Å²) >= 11 is 1.76. The smallest absolute Gasteiger partial charge is 0.235 e. The van der Waals surface area contributed by atoms with Crippen LogP contribution in [0.1, 0.15) is 19.3 Å². The van der Waals surface area contributed by atoms with Crippen LogP contribution >= 0.6 is 11.8 Å². The summed E-state index contributed by atoms with van der Waals surface area (Å²) in [5.41, 5.74) is 0. The number of hydrogen-bond acceptors (Lipinski definition) is 3. The Hall–Kier alpha value is -0.710. The maximum Gasteiger partial charge on any atom is 0.235 e. The van der Waals surface area contributed by atoms with Gasteiger partial charge in [-0.05, 0) is 18.6 Å². The molecular formula is C10H16N2O2S. The van der Waals surface area contributed by atoms with Crippen molar-refractivity contribution in [1.29, 1.82) is 0 Å². The normalized spacial score (nSPS) is 27.3. The van der Waals surface area contributed by atoms with Crippen LogP contribution in [0.25, 0.3) is 0 Å². The minimum Gasteiger partial charge on any atom is -0.354 e. The highest BCUT2D eigenvalue weighted by molar-refractivity contribution is 8.00. The summed E-state index contributed by atoms with van der Waals surface area (Å²) in [6.07, 6.45) is 2.59. The molecule has 84 valence electrons. The van der Waals surface area contributed by atoms with Crippen LogP contribution < -0.4 is 5.32 Å². The number of amides is 2. The van der Waals surface area contributed by atoms with Gasteiger partial charge in [0.25, 0.3) is 0 Å². The molecule has 2 fully saturated rings. The van der Waals surface area contributed by atoms with Crippen molar-refractivity contribution in [3.8, 4) is 0 Å². The Morgan fingerprint density at radius 1 is 1.47 bits per heavy atom. The highest BCUT2D eigenvalue weighted by atomic mass is 32.2. The van der Waals surface area contributed by atoms with Crippen LogP contribution in [-0.4, -0.2) is 47.4 Å². The molecule has 0 aromatic rings. The highest BCUT2D eigenvalue weighted by Crippen LogP contribution is 2.27. The number of thioether (sulfide) groups is 1. The molecule has 2 heterocycles. The van der Waals surface area contributed by atoms with E-state index < -0.39 is 0 Å². The van der Waals surface area contributed by atoms with Gasteiger partial charge in [-0.2, -0.15) is 0 Å². The van der Waals surface area contributed by atoms with Crippen molar-refractivity contribution in [3.63, 3.8) is 0 Å².